The van der Waals surface area contributed by atoms with Crippen molar-refractivity contribution < 1.29 is 9.53 Å². The van der Waals surface area contributed by atoms with E-state index in [0.29, 0.717) is 18.1 Å². The number of nitrogens with zero attached hydrogens (tertiary/aromatic N) is 3. The number of rotatable bonds is 4. The number of aromatic nitrogens is 2. The lowest BCUT2D eigenvalue weighted by molar-refractivity contribution is -0.139. The number of hydrogen-bond acceptors (Lipinski definition) is 4. The van der Waals surface area contributed by atoms with Crippen LogP contribution in [0.15, 0.2) is 12.4 Å². The standard InChI is InChI=1S/C21H34N4O2.ClH/c1-15-3-5-17(6-4-15)27-18-7-9-25(10-8-18)21(26)20-13-22-12-19(20)16-11-23-24(2)14-16;/h11,14-15,17-20,22H,3-10,12-13H2,1-2H3;1H/t15?,17?,19-,20+;/m1./s1. The number of aryl methyl sites for hydroxylation is 1. The molecule has 2 saturated heterocycles. The van der Waals surface area contributed by atoms with E-state index in [1.54, 1.807) is 0 Å². The molecule has 1 aromatic heterocycles. The molecule has 2 atom stereocenters. The lowest BCUT2D eigenvalue weighted by Crippen LogP contribution is -2.45. The molecule has 3 fully saturated rings. The van der Waals surface area contributed by atoms with Crippen molar-refractivity contribution in [3.63, 3.8) is 0 Å². The van der Waals surface area contributed by atoms with Crippen molar-refractivity contribution in [3.8, 4) is 0 Å². The van der Waals surface area contributed by atoms with E-state index < -0.39 is 0 Å². The number of nitrogens with one attached hydrogen (secondary N) is 1. The minimum Gasteiger partial charge on any atom is -0.375 e. The van der Waals surface area contributed by atoms with Gasteiger partial charge in [-0.25, -0.2) is 0 Å². The first kappa shape index (κ1) is 21.6. The maximum Gasteiger partial charge on any atom is 0.227 e. The van der Waals surface area contributed by atoms with E-state index in [1.807, 2.05) is 24.1 Å². The molecule has 4 rings (SSSR count). The van der Waals surface area contributed by atoms with E-state index in [0.717, 1.165) is 44.9 Å². The van der Waals surface area contributed by atoms with E-state index in [1.165, 1.54) is 31.2 Å². The Hall–Kier alpha value is -1.11. The Kier molecular flexibility index (Phi) is 7.40. The number of piperidine rings is 1. The molecule has 6 nitrogen and oxygen atoms in total. The van der Waals surface area contributed by atoms with Crippen molar-refractivity contribution in [2.75, 3.05) is 26.2 Å². The molecule has 0 radical (unpaired) electrons. The van der Waals surface area contributed by atoms with E-state index in [4.69, 9.17) is 4.74 Å². The topological polar surface area (TPSA) is 59.4 Å². The number of carbonyl (C=O) groups is 1. The summed E-state index contributed by atoms with van der Waals surface area (Å²) in [6.07, 6.45) is 11.7. The van der Waals surface area contributed by atoms with Gasteiger partial charge in [0.1, 0.15) is 0 Å². The summed E-state index contributed by atoms with van der Waals surface area (Å²) in [5.41, 5.74) is 1.17. The van der Waals surface area contributed by atoms with Crippen LogP contribution in [0, 0.1) is 11.8 Å². The Morgan fingerprint density at radius 2 is 1.79 bits per heavy atom. The molecular formula is C21H35ClN4O2. The molecule has 0 bridgehead atoms. The SMILES string of the molecule is CC1CCC(OC2CCN(C(=O)[C@H]3CNC[C@@H]3c3cnn(C)c3)CC2)CC1.Cl. The minimum absolute atomic E-state index is 0. The summed E-state index contributed by atoms with van der Waals surface area (Å²) in [6, 6.07) is 0. The number of hydrogen-bond donors (Lipinski definition) is 1. The predicted octanol–water partition coefficient (Wildman–Crippen LogP) is 2.73. The van der Waals surface area contributed by atoms with Gasteiger partial charge in [0.2, 0.25) is 5.91 Å². The highest BCUT2D eigenvalue weighted by atomic mass is 35.5. The maximum atomic E-state index is 13.1. The van der Waals surface area contributed by atoms with Gasteiger partial charge in [0.25, 0.3) is 0 Å². The second-order valence-electron chi connectivity index (χ2n) is 8.86. The summed E-state index contributed by atoms with van der Waals surface area (Å²) in [6.45, 7) is 5.65. The van der Waals surface area contributed by atoms with Gasteiger partial charge in [-0.3, -0.25) is 9.48 Å². The smallest absolute Gasteiger partial charge is 0.227 e. The second kappa shape index (κ2) is 9.59. The Balaban J connectivity index is 0.00000225. The first-order valence-corrected chi connectivity index (χ1v) is 10.7. The monoisotopic (exact) mass is 410 g/mol. The fourth-order valence-corrected chi connectivity index (χ4v) is 5.00. The summed E-state index contributed by atoms with van der Waals surface area (Å²) >= 11 is 0. The molecule has 1 amide bonds. The molecule has 2 aliphatic heterocycles. The Bertz CT molecular complexity index is 636. The van der Waals surface area contributed by atoms with Crippen LogP contribution in [0.25, 0.3) is 0 Å². The predicted molar refractivity (Wildman–Crippen MR) is 112 cm³/mol. The average molecular weight is 411 g/mol. The van der Waals surface area contributed by atoms with Gasteiger partial charge in [-0.15, -0.1) is 12.4 Å². The zero-order chi connectivity index (χ0) is 18.8. The zero-order valence-corrected chi connectivity index (χ0v) is 18.0. The summed E-state index contributed by atoms with van der Waals surface area (Å²) in [4.78, 5) is 15.2. The van der Waals surface area contributed by atoms with Crippen molar-refractivity contribution >= 4 is 18.3 Å². The summed E-state index contributed by atoms with van der Waals surface area (Å²) in [5.74, 6) is 1.44. The number of likely N-dealkylation sites (tertiary alicyclic amines) is 1. The van der Waals surface area contributed by atoms with Gasteiger partial charge in [0, 0.05) is 45.3 Å². The summed E-state index contributed by atoms with van der Waals surface area (Å²) in [5, 5.41) is 7.69. The number of carbonyl (C=O) groups excluding carboxylic acids is 1. The van der Waals surface area contributed by atoms with Crippen molar-refractivity contribution in [2.24, 2.45) is 18.9 Å². The summed E-state index contributed by atoms with van der Waals surface area (Å²) < 4.78 is 8.19. The van der Waals surface area contributed by atoms with Crippen molar-refractivity contribution in [1.29, 1.82) is 0 Å². The van der Waals surface area contributed by atoms with Gasteiger partial charge in [0.05, 0.1) is 24.3 Å². The molecule has 28 heavy (non-hydrogen) atoms. The number of amides is 1. The van der Waals surface area contributed by atoms with Crippen LogP contribution in [0.3, 0.4) is 0 Å². The molecule has 7 heteroatoms. The maximum absolute atomic E-state index is 13.1. The van der Waals surface area contributed by atoms with Crippen LogP contribution in [0.1, 0.15) is 56.9 Å². The quantitative estimate of drug-likeness (QED) is 0.829. The summed E-state index contributed by atoms with van der Waals surface area (Å²) in [7, 11) is 1.93. The van der Waals surface area contributed by atoms with Gasteiger partial charge in [-0.1, -0.05) is 6.92 Å². The van der Waals surface area contributed by atoms with Crippen molar-refractivity contribution in [3.05, 3.63) is 18.0 Å². The van der Waals surface area contributed by atoms with E-state index in [2.05, 4.69) is 22.2 Å². The molecule has 3 heterocycles. The molecule has 1 aromatic rings. The zero-order valence-electron chi connectivity index (χ0n) is 17.2. The molecule has 0 aromatic carbocycles. The molecule has 1 saturated carbocycles. The average Bonchev–Trinajstić information content (AvgIpc) is 3.32. The first-order valence-electron chi connectivity index (χ1n) is 10.7. The van der Waals surface area contributed by atoms with Crippen LogP contribution < -0.4 is 5.32 Å². The van der Waals surface area contributed by atoms with E-state index >= 15 is 0 Å². The van der Waals surface area contributed by atoms with Gasteiger partial charge in [-0.2, -0.15) is 5.10 Å². The van der Waals surface area contributed by atoms with Gasteiger partial charge in [0.15, 0.2) is 0 Å². The third-order valence-electron chi connectivity index (χ3n) is 6.79. The molecule has 0 spiro atoms. The van der Waals surface area contributed by atoms with E-state index in [9.17, 15) is 4.79 Å². The van der Waals surface area contributed by atoms with Gasteiger partial charge >= 0.3 is 0 Å². The largest absolute Gasteiger partial charge is 0.375 e. The number of ether oxygens (including phenoxy) is 1. The third kappa shape index (κ3) is 4.89. The fraction of sp³-hybridized carbons (Fsp3) is 0.810. The molecular weight excluding hydrogens is 376 g/mol. The van der Waals surface area contributed by atoms with Crippen molar-refractivity contribution in [2.45, 2.75) is 63.6 Å². The Morgan fingerprint density at radius 1 is 1.11 bits per heavy atom. The van der Waals surface area contributed by atoms with Crippen LogP contribution in [0.5, 0.6) is 0 Å². The van der Waals surface area contributed by atoms with Gasteiger partial charge < -0.3 is 15.0 Å². The van der Waals surface area contributed by atoms with Gasteiger partial charge in [-0.05, 0) is 50.0 Å². The minimum atomic E-state index is 0. The van der Waals surface area contributed by atoms with Crippen LogP contribution in [0.4, 0.5) is 0 Å². The molecule has 0 unspecified atom stereocenters. The lowest BCUT2D eigenvalue weighted by atomic mass is 9.88. The van der Waals surface area contributed by atoms with Crippen molar-refractivity contribution in [1.82, 2.24) is 20.0 Å². The van der Waals surface area contributed by atoms with Crippen LogP contribution in [-0.4, -0.2) is 59.0 Å². The first-order chi connectivity index (χ1) is 13.1. The Labute approximate surface area is 174 Å². The second-order valence-corrected chi connectivity index (χ2v) is 8.86. The normalized spacial score (nSPS) is 31.6. The van der Waals surface area contributed by atoms with Crippen LogP contribution >= 0.6 is 12.4 Å². The Morgan fingerprint density at radius 3 is 2.43 bits per heavy atom. The molecule has 1 N–H and O–H groups in total. The fourth-order valence-electron chi connectivity index (χ4n) is 5.00. The van der Waals surface area contributed by atoms with E-state index in [-0.39, 0.29) is 24.2 Å². The highest BCUT2D eigenvalue weighted by Gasteiger charge is 2.38. The van der Waals surface area contributed by atoms with Crippen LogP contribution in [0.2, 0.25) is 0 Å². The highest BCUT2D eigenvalue weighted by Crippen LogP contribution is 2.31. The van der Waals surface area contributed by atoms with Crippen LogP contribution in [-0.2, 0) is 16.6 Å². The molecule has 3 aliphatic rings. The number of halogens is 1. The highest BCUT2D eigenvalue weighted by molar-refractivity contribution is 5.85. The molecule has 158 valence electrons. The lowest BCUT2D eigenvalue weighted by Gasteiger charge is -2.37. The third-order valence-corrected chi connectivity index (χ3v) is 6.79. The molecule has 1 aliphatic carbocycles.